The fraction of sp³-hybridized carbons (Fsp3) is 0.188. The van der Waals surface area contributed by atoms with Crippen molar-refractivity contribution in [1.82, 2.24) is 5.32 Å². The van der Waals surface area contributed by atoms with Gasteiger partial charge in [0.05, 0.1) is 12.4 Å². The fourth-order valence-electron chi connectivity index (χ4n) is 2.33. The molecule has 1 unspecified atom stereocenters. The number of aliphatic imine (C=N–C) groups is 1. The maximum Gasteiger partial charge on any atom is 0.0891 e. The van der Waals surface area contributed by atoms with Crippen LogP contribution in [0.25, 0.3) is 5.57 Å². The van der Waals surface area contributed by atoms with E-state index in [0.717, 1.165) is 16.2 Å². The van der Waals surface area contributed by atoms with E-state index in [1.54, 1.807) is 17.7 Å². The molecule has 20 heavy (non-hydrogen) atoms. The van der Waals surface area contributed by atoms with E-state index in [1.807, 2.05) is 24.4 Å². The first-order chi connectivity index (χ1) is 9.66. The van der Waals surface area contributed by atoms with Crippen LogP contribution in [0.2, 0.25) is 5.02 Å². The second-order valence-corrected chi connectivity index (χ2v) is 6.23. The molecule has 1 aromatic carbocycles. The van der Waals surface area contributed by atoms with Gasteiger partial charge < -0.3 is 5.32 Å². The predicted molar refractivity (Wildman–Crippen MR) is 87.6 cm³/mol. The summed E-state index contributed by atoms with van der Waals surface area (Å²) in [6.07, 6.45) is 3.68. The van der Waals surface area contributed by atoms with E-state index in [-0.39, 0.29) is 6.04 Å². The number of rotatable bonds is 2. The molecule has 0 fully saturated rings. The molecular weight excluding hydrogens is 288 g/mol. The van der Waals surface area contributed by atoms with Crippen molar-refractivity contribution in [2.75, 3.05) is 0 Å². The summed E-state index contributed by atoms with van der Waals surface area (Å²) >= 11 is 7.90. The zero-order chi connectivity index (χ0) is 14.1. The van der Waals surface area contributed by atoms with Crippen LogP contribution >= 0.6 is 22.9 Å². The Balaban J connectivity index is 2.05. The Morgan fingerprint density at radius 1 is 1.30 bits per heavy atom. The summed E-state index contributed by atoms with van der Waals surface area (Å²) in [6.45, 7) is 4.32. The lowest BCUT2D eigenvalue weighted by atomic mass is 9.95. The Hall–Kier alpha value is -1.58. The second kappa shape index (κ2) is 5.43. The molecule has 1 aliphatic heterocycles. The molecule has 1 N–H and O–H groups in total. The largest absolute Gasteiger partial charge is 0.364 e. The molecule has 102 valence electrons. The van der Waals surface area contributed by atoms with Gasteiger partial charge in [-0.2, -0.15) is 0 Å². The third kappa shape index (κ3) is 2.39. The molecule has 1 aliphatic rings. The first-order valence-electron chi connectivity index (χ1n) is 6.45. The lowest BCUT2D eigenvalue weighted by Gasteiger charge is -2.23. The smallest absolute Gasteiger partial charge is 0.0891 e. The molecule has 3 rings (SSSR count). The monoisotopic (exact) mass is 302 g/mol. The SMILES string of the molecule is Cc1csc(C2NC=NC=C2c2cccc(Cl)c2)c1C. The molecule has 0 saturated carbocycles. The molecule has 0 bridgehead atoms. The maximum absolute atomic E-state index is 6.11. The normalized spacial score (nSPS) is 17.8. The Morgan fingerprint density at radius 3 is 2.85 bits per heavy atom. The third-order valence-electron chi connectivity index (χ3n) is 3.58. The standard InChI is InChI=1S/C16H15ClN2S/c1-10-8-20-16(11(10)2)15-14(7-18-9-19-15)12-4-3-5-13(17)6-12/h3-9,15H,1-2H3,(H,18,19). The number of nitrogens with zero attached hydrogens (tertiary/aromatic N) is 1. The minimum Gasteiger partial charge on any atom is -0.364 e. The summed E-state index contributed by atoms with van der Waals surface area (Å²) in [7, 11) is 0. The van der Waals surface area contributed by atoms with Crippen molar-refractivity contribution in [2.24, 2.45) is 4.99 Å². The average Bonchev–Trinajstić information content (AvgIpc) is 2.79. The van der Waals surface area contributed by atoms with Crippen LogP contribution in [0.1, 0.15) is 27.6 Å². The minimum atomic E-state index is 0.143. The van der Waals surface area contributed by atoms with E-state index >= 15 is 0 Å². The van der Waals surface area contributed by atoms with Gasteiger partial charge in [0.1, 0.15) is 0 Å². The quantitative estimate of drug-likeness (QED) is 0.852. The number of benzene rings is 1. The zero-order valence-electron chi connectivity index (χ0n) is 11.4. The number of aryl methyl sites for hydroxylation is 1. The van der Waals surface area contributed by atoms with Crippen LogP contribution in [0.4, 0.5) is 0 Å². The Morgan fingerprint density at radius 2 is 2.15 bits per heavy atom. The van der Waals surface area contributed by atoms with Gasteiger partial charge in [-0.05, 0) is 48.1 Å². The Bertz CT molecular complexity index is 700. The summed E-state index contributed by atoms with van der Waals surface area (Å²) in [4.78, 5) is 5.57. The van der Waals surface area contributed by atoms with Crippen LogP contribution in [0.5, 0.6) is 0 Å². The molecule has 0 aliphatic carbocycles. The summed E-state index contributed by atoms with van der Waals surface area (Å²) in [5.41, 5.74) is 4.94. The van der Waals surface area contributed by atoms with Crippen LogP contribution < -0.4 is 5.32 Å². The number of nitrogens with one attached hydrogen (secondary N) is 1. The van der Waals surface area contributed by atoms with Crippen molar-refractivity contribution in [2.45, 2.75) is 19.9 Å². The highest BCUT2D eigenvalue weighted by molar-refractivity contribution is 7.10. The van der Waals surface area contributed by atoms with Gasteiger partial charge in [0.15, 0.2) is 0 Å². The maximum atomic E-state index is 6.11. The van der Waals surface area contributed by atoms with Crippen molar-refractivity contribution in [3.8, 4) is 0 Å². The third-order valence-corrected chi connectivity index (χ3v) is 5.09. The van der Waals surface area contributed by atoms with Gasteiger partial charge in [0, 0.05) is 21.7 Å². The van der Waals surface area contributed by atoms with E-state index in [4.69, 9.17) is 11.6 Å². The van der Waals surface area contributed by atoms with Crippen LogP contribution in [-0.2, 0) is 0 Å². The van der Waals surface area contributed by atoms with E-state index in [9.17, 15) is 0 Å². The van der Waals surface area contributed by atoms with Gasteiger partial charge >= 0.3 is 0 Å². The van der Waals surface area contributed by atoms with Crippen LogP contribution in [0, 0.1) is 13.8 Å². The second-order valence-electron chi connectivity index (χ2n) is 4.88. The van der Waals surface area contributed by atoms with Gasteiger partial charge in [-0.3, -0.25) is 0 Å². The molecule has 0 amide bonds. The molecule has 1 aromatic heterocycles. The van der Waals surface area contributed by atoms with E-state index in [0.29, 0.717) is 0 Å². The Kier molecular flexibility index (Phi) is 3.64. The Labute approximate surface area is 127 Å². The van der Waals surface area contributed by atoms with Crippen molar-refractivity contribution in [3.63, 3.8) is 0 Å². The predicted octanol–water partition coefficient (Wildman–Crippen LogP) is 4.73. The number of hydrogen-bond donors (Lipinski definition) is 1. The first kappa shape index (κ1) is 13.4. The summed E-state index contributed by atoms with van der Waals surface area (Å²) in [5, 5.41) is 6.31. The van der Waals surface area contributed by atoms with Crippen LogP contribution in [-0.4, -0.2) is 6.34 Å². The lowest BCUT2D eigenvalue weighted by molar-refractivity contribution is 0.820. The van der Waals surface area contributed by atoms with E-state index in [1.165, 1.54) is 16.0 Å². The fourth-order valence-corrected chi connectivity index (χ4v) is 3.67. The van der Waals surface area contributed by atoms with Crippen molar-refractivity contribution in [3.05, 3.63) is 62.4 Å². The highest BCUT2D eigenvalue weighted by atomic mass is 35.5. The first-order valence-corrected chi connectivity index (χ1v) is 7.71. The molecule has 4 heteroatoms. The van der Waals surface area contributed by atoms with Crippen molar-refractivity contribution >= 4 is 34.8 Å². The van der Waals surface area contributed by atoms with Crippen molar-refractivity contribution in [1.29, 1.82) is 0 Å². The summed E-state index contributed by atoms with van der Waals surface area (Å²) < 4.78 is 0. The van der Waals surface area contributed by atoms with Gasteiger partial charge in [-0.1, -0.05) is 23.7 Å². The average molecular weight is 303 g/mol. The minimum absolute atomic E-state index is 0.143. The van der Waals surface area contributed by atoms with E-state index in [2.05, 4.69) is 35.6 Å². The van der Waals surface area contributed by atoms with Gasteiger partial charge in [0.25, 0.3) is 0 Å². The lowest BCUT2D eigenvalue weighted by Crippen LogP contribution is -2.23. The number of thiophene rings is 1. The number of hydrogen-bond acceptors (Lipinski definition) is 3. The highest BCUT2D eigenvalue weighted by Crippen LogP contribution is 2.37. The molecular formula is C16H15ClN2S. The van der Waals surface area contributed by atoms with Gasteiger partial charge in [0.2, 0.25) is 0 Å². The molecule has 2 heterocycles. The topological polar surface area (TPSA) is 24.4 Å². The summed E-state index contributed by atoms with van der Waals surface area (Å²) in [5.74, 6) is 0. The zero-order valence-corrected chi connectivity index (χ0v) is 12.9. The van der Waals surface area contributed by atoms with E-state index < -0.39 is 0 Å². The van der Waals surface area contributed by atoms with Crippen molar-refractivity contribution < 1.29 is 0 Å². The van der Waals surface area contributed by atoms with Crippen LogP contribution in [0.3, 0.4) is 0 Å². The molecule has 0 spiro atoms. The molecule has 2 nitrogen and oxygen atoms in total. The molecule has 0 radical (unpaired) electrons. The molecule has 0 saturated heterocycles. The van der Waals surface area contributed by atoms with Gasteiger partial charge in [-0.25, -0.2) is 4.99 Å². The molecule has 2 aromatic rings. The highest BCUT2D eigenvalue weighted by Gasteiger charge is 2.23. The van der Waals surface area contributed by atoms with Gasteiger partial charge in [-0.15, -0.1) is 11.3 Å². The van der Waals surface area contributed by atoms with Crippen LogP contribution in [0.15, 0.2) is 40.8 Å². The summed E-state index contributed by atoms with van der Waals surface area (Å²) in [6, 6.07) is 8.06. The number of halogens is 1. The molecule has 1 atom stereocenters.